The molecule has 0 N–H and O–H groups in total. The van der Waals surface area contributed by atoms with Gasteiger partial charge in [0.1, 0.15) is 24.6 Å². The number of rotatable bonds is 19. The van der Waals surface area contributed by atoms with Crippen LogP contribution in [0.2, 0.25) is 0 Å². The molecule has 0 aliphatic heterocycles. The van der Waals surface area contributed by atoms with E-state index < -0.39 is 47.3 Å². The van der Waals surface area contributed by atoms with Crippen LogP contribution in [0.4, 0.5) is 56.1 Å². The predicted molar refractivity (Wildman–Crippen MR) is 385 cm³/mol. The maximum Gasteiger partial charge on any atom is 2.00 e. The molecule has 9 rings (SSSR count). The molecule has 27 heteroatoms. The number of hydrogen-bond acceptors (Lipinski definition) is 3. The Hall–Kier alpha value is -2.63. The largest absolute Gasteiger partial charge is 2.00 e. The fourth-order valence-corrected chi connectivity index (χ4v) is 21.5. The van der Waals surface area contributed by atoms with Gasteiger partial charge in [0.25, 0.3) is 0 Å². The van der Waals surface area contributed by atoms with Gasteiger partial charge in [0.05, 0.1) is 84.8 Å². The van der Waals surface area contributed by atoms with Gasteiger partial charge in [-0.05, 0) is 122 Å². The van der Waals surface area contributed by atoms with Gasteiger partial charge in [-0.15, -0.1) is 46.4 Å². The minimum atomic E-state index is -10.7. The van der Waals surface area contributed by atoms with E-state index >= 15 is 0 Å². The SMILES string of the molecule is ClCCl.ClCCl.F[P-](F)(F)(F)(F)F.F[P-](F)(F)(F)(F)F.[Ni+2].[Ni+2].[S-]CCN(CC[S-])c1ccccc1.c1ccc([PH+](CC[PH+](c2ccccc2)c2ccccc2)c2ccccc2)cc1.c1ccc([PH+](CC[PH+](c2ccccc2)c2ccccc2)c2ccccc2)cc1. The molecular weight excluding hydrogens is 1520 g/mol. The molecule has 1 nitrogen and oxygen atoms in total. The van der Waals surface area contributed by atoms with E-state index in [1.165, 1.54) is 72.8 Å². The minimum Gasteiger partial charge on any atom is -0.791 e. The van der Waals surface area contributed by atoms with Gasteiger partial charge in [0.15, 0.2) is 0 Å². The van der Waals surface area contributed by atoms with Crippen LogP contribution in [0.15, 0.2) is 273 Å². The number of anilines is 1. The summed E-state index contributed by atoms with van der Waals surface area (Å²) in [6.45, 7) is 1.83. The van der Waals surface area contributed by atoms with Crippen molar-refractivity contribution < 1.29 is 83.3 Å². The molecule has 0 aliphatic rings. The molecule has 0 spiro atoms. The van der Waals surface area contributed by atoms with Crippen molar-refractivity contribution in [1.82, 2.24) is 0 Å². The van der Waals surface area contributed by atoms with Crippen molar-refractivity contribution in [3.8, 4) is 0 Å². The molecule has 9 aromatic rings. The summed E-state index contributed by atoms with van der Waals surface area (Å²) in [5, 5.41) is 12.5. The van der Waals surface area contributed by atoms with Crippen LogP contribution in [0, 0.1) is 0 Å². The molecule has 91 heavy (non-hydrogen) atoms. The van der Waals surface area contributed by atoms with E-state index in [1.54, 1.807) is 0 Å². The van der Waals surface area contributed by atoms with Crippen LogP contribution in [-0.4, -0.2) is 59.9 Å². The molecule has 0 unspecified atom stereocenters. The summed E-state index contributed by atoms with van der Waals surface area (Å²) in [5.74, 6) is 1.51. The fraction of sp³-hybridized carbons (Fsp3) is 0.156. The fourth-order valence-electron chi connectivity index (χ4n) is 8.67. The van der Waals surface area contributed by atoms with Crippen LogP contribution in [0.1, 0.15) is 0 Å². The monoisotopic (exact) mass is 1590 g/mol. The van der Waals surface area contributed by atoms with E-state index in [9.17, 15) is 50.4 Å². The third-order valence-electron chi connectivity index (χ3n) is 12.1. The first-order valence-electron chi connectivity index (χ1n) is 27.1. The standard InChI is InChI=1S/2C26H24P2.C10H15NS2.2CH2Cl2.2F6P.2Ni/c2*1-5-13-23(14-6-1)27(24-15-7-2-8-16-24)21-22-28(25-17-9-3-10-18-25)26-19-11-4-12-20-26;12-8-6-11(7-9-13)10-4-2-1-3-5-10;2*2-1-3;2*1-7(2,3,4,5)6;;/h2*1-20H,21-22H2;1-5,12-13H,6-9H2;2*1H2;;;;/q;;;;;2*-1;2*+2/p+2. The second kappa shape index (κ2) is 42.1. The molecule has 0 aromatic heterocycles. The van der Waals surface area contributed by atoms with E-state index in [0.717, 1.165) is 24.6 Å². The van der Waals surface area contributed by atoms with Gasteiger partial charge in [-0.25, -0.2) is 0 Å². The van der Waals surface area contributed by atoms with Crippen LogP contribution >= 0.6 is 93.7 Å². The summed E-state index contributed by atoms with van der Waals surface area (Å²) in [6, 6.07) is 99.3. The third-order valence-corrected chi connectivity index (χ3v) is 24.7. The van der Waals surface area contributed by atoms with Crippen molar-refractivity contribution in [2.75, 3.05) is 64.8 Å². The Labute approximate surface area is 583 Å². The van der Waals surface area contributed by atoms with E-state index in [4.69, 9.17) is 71.7 Å². The summed E-state index contributed by atoms with van der Waals surface area (Å²) >= 11 is 29.0. The first-order chi connectivity index (χ1) is 41.9. The van der Waals surface area contributed by atoms with Gasteiger partial charge in [0.2, 0.25) is 0 Å². The molecule has 9 aromatic carbocycles. The van der Waals surface area contributed by atoms with Crippen LogP contribution in [-0.2, 0) is 58.2 Å². The van der Waals surface area contributed by atoms with E-state index in [2.05, 4.69) is 260 Å². The number of benzene rings is 9. The summed E-state index contributed by atoms with van der Waals surface area (Å²) in [4.78, 5) is 2.24. The van der Waals surface area contributed by atoms with Gasteiger partial charge >= 0.3 is 99.0 Å². The van der Waals surface area contributed by atoms with Crippen LogP contribution < -0.4 is 47.3 Å². The van der Waals surface area contributed by atoms with E-state index in [1.807, 2.05) is 18.2 Å². The topological polar surface area (TPSA) is 3.24 Å². The zero-order valence-corrected chi connectivity index (χ0v) is 60.8. The summed E-state index contributed by atoms with van der Waals surface area (Å²) in [5.41, 5.74) is 1.22. The van der Waals surface area contributed by atoms with Gasteiger partial charge < -0.3 is 30.2 Å². The van der Waals surface area contributed by atoms with Gasteiger partial charge in [-0.3, -0.25) is 0 Å². The number of hydrogen-bond donors (Lipinski definition) is 0. The van der Waals surface area contributed by atoms with Crippen molar-refractivity contribution in [2.45, 2.75) is 0 Å². The molecule has 0 atom stereocenters. The smallest absolute Gasteiger partial charge is 0.791 e. The Morgan fingerprint density at radius 3 is 0.505 bits per heavy atom. The Kier molecular flexibility index (Phi) is 40.0. The molecule has 0 saturated heterocycles. The molecule has 0 saturated carbocycles. The van der Waals surface area contributed by atoms with E-state index in [0.29, 0.717) is 0 Å². The normalized spacial score (nSPS) is 12.2. The van der Waals surface area contributed by atoms with Crippen molar-refractivity contribution in [3.63, 3.8) is 0 Å². The summed E-state index contributed by atoms with van der Waals surface area (Å²) in [7, 11) is -24.4. The number of nitrogens with zero attached hydrogens (tertiary/aromatic N) is 1. The Bertz CT molecular complexity index is 2730. The van der Waals surface area contributed by atoms with Crippen molar-refractivity contribution in [2.24, 2.45) is 0 Å². The molecule has 0 radical (unpaired) electrons. The van der Waals surface area contributed by atoms with Crippen LogP contribution in [0.25, 0.3) is 0 Å². The zero-order chi connectivity index (χ0) is 65.8. The second-order valence-electron chi connectivity index (χ2n) is 18.7. The number of halogens is 16. The molecule has 0 aliphatic carbocycles. The quantitative estimate of drug-likeness (QED) is 0.0261. The Morgan fingerprint density at radius 1 is 0.264 bits per heavy atom. The van der Waals surface area contributed by atoms with Gasteiger partial charge in [-0.1, -0.05) is 164 Å². The molecule has 500 valence electrons. The molecule has 0 bridgehead atoms. The van der Waals surface area contributed by atoms with Crippen molar-refractivity contribution in [3.05, 3.63) is 273 Å². The van der Waals surface area contributed by atoms with Crippen LogP contribution in [0.3, 0.4) is 0 Å². The minimum absolute atomic E-state index is 0. The maximum absolute atomic E-state index is 10.7. The van der Waals surface area contributed by atoms with Crippen molar-refractivity contribution >= 4 is 167 Å². The first-order valence-corrected chi connectivity index (χ1v) is 41.3. The number of para-hydroxylation sites is 1. The third kappa shape index (κ3) is 43.2. The predicted octanol–water partition coefficient (Wildman–Crippen LogP) is 20.6. The molecule has 0 heterocycles. The van der Waals surface area contributed by atoms with Crippen LogP contribution in [0.5, 0.6) is 0 Å². The summed E-state index contributed by atoms with van der Waals surface area (Å²) < 4.78 is 118. The van der Waals surface area contributed by atoms with Gasteiger partial charge in [0, 0.05) is 5.69 Å². The molecule has 0 fully saturated rings. The Morgan fingerprint density at radius 2 is 0.385 bits per heavy atom. The Balaban J connectivity index is 0.000000609. The second-order valence-corrected chi connectivity index (χ2v) is 35.4. The first kappa shape index (κ1) is 86.4. The average molecular weight is 1590 g/mol. The molecular formula is C64H69Cl4F12NNi2P6S2+4. The average Bonchev–Trinajstić information content (AvgIpc) is 1.11. The van der Waals surface area contributed by atoms with Crippen molar-refractivity contribution in [1.29, 1.82) is 0 Å². The maximum atomic E-state index is 9.87. The summed E-state index contributed by atoms with van der Waals surface area (Å²) in [6.07, 6.45) is 5.04. The van der Waals surface area contributed by atoms with Gasteiger partial charge in [-0.2, -0.15) is 11.5 Å². The zero-order valence-electron chi connectivity index (χ0n) is 48.4. The molecule has 0 amide bonds. The number of alkyl halides is 4. The van der Waals surface area contributed by atoms with E-state index in [-0.39, 0.29) is 43.7 Å².